The van der Waals surface area contributed by atoms with Crippen LogP contribution in [-0.2, 0) is 0 Å². The molecular formula is C10H17N. The molecule has 0 radical (unpaired) electrons. The summed E-state index contributed by atoms with van der Waals surface area (Å²) in [6.45, 7) is 6.83. The average Bonchev–Trinajstić information content (AvgIpc) is 2.05. The maximum Gasteiger partial charge on any atom is 0.0136 e. The van der Waals surface area contributed by atoms with Gasteiger partial charge in [0.05, 0.1) is 0 Å². The van der Waals surface area contributed by atoms with E-state index < -0.39 is 0 Å². The standard InChI is InChI=1S/C10H17N/c1-8(2)10-5-3-9(7-11)4-6-10/h3,10H,1,4-7,11H2,2H3/t10-/m1/s1. The summed E-state index contributed by atoms with van der Waals surface area (Å²) in [5, 5.41) is 0. The monoisotopic (exact) mass is 151 g/mol. The Hall–Kier alpha value is -0.560. The number of allylic oxidation sites excluding steroid dienone is 2. The van der Waals surface area contributed by atoms with Crippen molar-refractivity contribution in [1.29, 1.82) is 0 Å². The molecule has 0 saturated carbocycles. The fourth-order valence-electron chi connectivity index (χ4n) is 1.52. The molecule has 1 heteroatoms. The molecule has 2 N–H and O–H groups in total. The summed E-state index contributed by atoms with van der Waals surface area (Å²) < 4.78 is 0. The van der Waals surface area contributed by atoms with Crippen LogP contribution in [0.15, 0.2) is 23.8 Å². The zero-order valence-corrected chi connectivity index (χ0v) is 7.27. The molecule has 1 atom stereocenters. The van der Waals surface area contributed by atoms with Crippen molar-refractivity contribution < 1.29 is 0 Å². The molecule has 0 aromatic carbocycles. The predicted octanol–water partition coefficient (Wildman–Crippen LogP) is 2.25. The van der Waals surface area contributed by atoms with E-state index in [9.17, 15) is 0 Å². The molecule has 0 heterocycles. The summed E-state index contributed by atoms with van der Waals surface area (Å²) in [4.78, 5) is 0. The minimum absolute atomic E-state index is 0.713. The van der Waals surface area contributed by atoms with Crippen molar-refractivity contribution in [2.75, 3.05) is 6.54 Å². The lowest BCUT2D eigenvalue weighted by Crippen LogP contribution is -2.11. The molecule has 0 aromatic rings. The Kier molecular flexibility index (Phi) is 2.89. The number of hydrogen-bond donors (Lipinski definition) is 1. The van der Waals surface area contributed by atoms with Crippen LogP contribution in [0.4, 0.5) is 0 Å². The van der Waals surface area contributed by atoms with Crippen LogP contribution in [0.2, 0.25) is 0 Å². The molecule has 1 aliphatic carbocycles. The van der Waals surface area contributed by atoms with Gasteiger partial charge in [-0.3, -0.25) is 0 Å². The summed E-state index contributed by atoms with van der Waals surface area (Å²) in [5.41, 5.74) is 8.27. The van der Waals surface area contributed by atoms with Crippen molar-refractivity contribution in [1.82, 2.24) is 0 Å². The van der Waals surface area contributed by atoms with E-state index in [1.807, 2.05) is 0 Å². The zero-order chi connectivity index (χ0) is 8.27. The van der Waals surface area contributed by atoms with Crippen molar-refractivity contribution in [3.8, 4) is 0 Å². The molecule has 0 aromatic heterocycles. The molecular weight excluding hydrogens is 134 g/mol. The fourth-order valence-corrected chi connectivity index (χ4v) is 1.52. The molecule has 11 heavy (non-hydrogen) atoms. The van der Waals surface area contributed by atoms with Crippen molar-refractivity contribution in [3.63, 3.8) is 0 Å². The van der Waals surface area contributed by atoms with Crippen molar-refractivity contribution in [3.05, 3.63) is 23.8 Å². The quantitative estimate of drug-likeness (QED) is 0.602. The Morgan fingerprint density at radius 2 is 2.55 bits per heavy atom. The van der Waals surface area contributed by atoms with Crippen LogP contribution in [0.1, 0.15) is 26.2 Å². The SMILES string of the molecule is C=C(C)[C@@H]1CC=C(CN)CC1. The predicted molar refractivity (Wildman–Crippen MR) is 49.3 cm³/mol. The third-order valence-electron chi connectivity index (χ3n) is 2.46. The Bertz CT molecular complexity index is 179. The van der Waals surface area contributed by atoms with Crippen molar-refractivity contribution >= 4 is 0 Å². The first-order chi connectivity index (χ1) is 5.24. The fraction of sp³-hybridized carbons (Fsp3) is 0.600. The van der Waals surface area contributed by atoms with Crippen LogP contribution in [0.5, 0.6) is 0 Å². The van der Waals surface area contributed by atoms with Crippen LogP contribution in [0, 0.1) is 5.92 Å². The lowest BCUT2D eigenvalue weighted by atomic mass is 9.86. The Morgan fingerprint density at radius 3 is 2.91 bits per heavy atom. The number of hydrogen-bond acceptors (Lipinski definition) is 1. The van der Waals surface area contributed by atoms with Gasteiger partial charge in [-0.15, -0.1) is 0 Å². The highest BCUT2D eigenvalue weighted by Crippen LogP contribution is 2.27. The highest BCUT2D eigenvalue weighted by molar-refractivity contribution is 5.12. The zero-order valence-electron chi connectivity index (χ0n) is 7.27. The van der Waals surface area contributed by atoms with Gasteiger partial charge in [-0.05, 0) is 32.1 Å². The molecule has 62 valence electrons. The highest BCUT2D eigenvalue weighted by atomic mass is 14.5. The summed E-state index contributed by atoms with van der Waals surface area (Å²) in [5.74, 6) is 0.713. The first kappa shape index (κ1) is 8.54. The minimum atomic E-state index is 0.713. The first-order valence-electron chi connectivity index (χ1n) is 4.27. The second-order valence-electron chi connectivity index (χ2n) is 3.38. The minimum Gasteiger partial charge on any atom is -0.327 e. The number of rotatable bonds is 2. The molecule has 0 saturated heterocycles. The Labute approximate surface area is 69.0 Å². The summed E-state index contributed by atoms with van der Waals surface area (Å²) in [7, 11) is 0. The maximum absolute atomic E-state index is 5.53. The van der Waals surface area contributed by atoms with Gasteiger partial charge in [0.1, 0.15) is 0 Å². The molecule has 1 rings (SSSR count). The van der Waals surface area contributed by atoms with E-state index in [0.717, 1.165) is 13.0 Å². The second-order valence-corrected chi connectivity index (χ2v) is 3.38. The highest BCUT2D eigenvalue weighted by Gasteiger charge is 2.13. The van der Waals surface area contributed by atoms with E-state index in [-0.39, 0.29) is 0 Å². The van der Waals surface area contributed by atoms with Crippen LogP contribution >= 0.6 is 0 Å². The number of nitrogens with two attached hydrogens (primary N) is 1. The molecule has 1 nitrogen and oxygen atoms in total. The van der Waals surface area contributed by atoms with Gasteiger partial charge in [-0.1, -0.05) is 23.8 Å². The van der Waals surface area contributed by atoms with Gasteiger partial charge in [0.2, 0.25) is 0 Å². The lowest BCUT2D eigenvalue weighted by Gasteiger charge is -2.21. The average molecular weight is 151 g/mol. The van der Waals surface area contributed by atoms with Crippen molar-refractivity contribution in [2.24, 2.45) is 11.7 Å². The van der Waals surface area contributed by atoms with E-state index in [0.29, 0.717) is 5.92 Å². The van der Waals surface area contributed by atoms with Gasteiger partial charge >= 0.3 is 0 Å². The maximum atomic E-state index is 5.53. The molecule has 0 fully saturated rings. The first-order valence-corrected chi connectivity index (χ1v) is 4.27. The molecule has 0 spiro atoms. The summed E-state index contributed by atoms with van der Waals surface area (Å²) >= 11 is 0. The molecule has 0 aliphatic heterocycles. The summed E-state index contributed by atoms with van der Waals surface area (Å²) in [6.07, 6.45) is 5.86. The van der Waals surface area contributed by atoms with Crippen molar-refractivity contribution in [2.45, 2.75) is 26.2 Å². The van der Waals surface area contributed by atoms with E-state index in [1.165, 1.54) is 24.0 Å². The lowest BCUT2D eigenvalue weighted by molar-refractivity contribution is 0.537. The van der Waals surface area contributed by atoms with Crippen LogP contribution in [0.25, 0.3) is 0 Å². The second kappa shape index (κ2) is 3.72. The summed E-state index contributed by atoms with van der Waals surface area (Å²) in [6, 6.07) is 0. The Morgan fingerprint density at radius 1 is 1.82 bits per heavy atom. The van der Waals surface area contributed by atoms with Gasteiger partial charge < -0.3 is 5.73 Å². The van der Waals surface area contributed by atoms with Gasteiger partial charge in [0.25, 0.3) is 0 Å². The van der Waals surface area contributed by atoms with Gasteiger partial charge in [-0.2, -0.15) is 0 Å². The van der Waals surface area contributed by atoms with Gasteiger partial charge in [0.15, 0.2) is 0 Å². The Balaban J connectivity index is 2.47. The molecule has 0 bridgehead atoms. The molecule has 0 unspecified atom stereocenters. The third kappa shape index (κ3) is 2.19. The normalized spacial score (nSPS) is 24.5. The van der Waals surface area contributed by atoms with Crippen LogP contribution < -0.4 is 5.73 Å². The smallest absolute Gasteiger partial charge is 0.0136 e. The van der Waals surface area contributed by atoms with E-state index in [1.54, 1.807) is 0 Å². The van der Waals surface area contributed by atoms with E-state index >= 15 is 0 Å². The van der Waals surface area contributed by atoms with Gasteiger partial charge in [-0.25, -0.2) is 0 Å². The van der Waals surface area contributed by atoms with Gasteiger partial charge in [0, 0.05) is 6.54 Å². The molecule has 0 amide bonds. The van der Waals surface area contributed by atoms with Crippen LogP contribution in [0.3, 0.4) is 0 Å². The van der Waals surface area contributed by atoms with E-state index in [4.69, 9.17) is 5.73 Å². The van der Waals surface area contributed by atoms with Crippen LogP contribution in [-0.4, -0.2) is 6.54 Å². The topological polar surface area (TPSA) is 26.0 Å². The van der Waals surface area contributed by atoms with E-state index in [2.05, 4.69) is 19.6 Å². The third-order valence-corrected chi connectivity index (χ3v) is 2.46. The largest absolute Gasteiger partial charge is 0.327 e. The molecule has 1 aliphatic rings.